The summed E-state index contributed by atoms with van der Waals surface area (Å²) in [6.07, 6.45) is 4.95. The third-order valence-corrected chi connectivity index (χ3v) is 6.54. The highest BCUT2D eigenvalue weighted by atomic mass is 79.9. The molecular weight excluding hydrogens is 434 g/mol. The Morgan fingerprint density at radius 3 is 2.72 bits per heavy atom. The van der Waals surface area contributed by atoms with Crippen LogP contribution in [0.2, 0.25) is 0 Å². The van der Waals surface area contributed by atoms with Gasteiger partial charge in [-0.2, -0.15) is 0 Å². The molecule has 0 atom stereocenters. The van der Waals surface area contributed by atoms with Crippen molar-refractivity contribution in [1.29, 1.82) is 0 Å². The number of ether oxygens (including phenoxy) is 2. The Hall–Kier alpha value is -2.31. The lowest BCUT2D eigenvalue weighted by Crippen LogP contribution is -2.39. The number of halogens is 1. The van der Waals surface area contributed by atoms with Gasteiger partial charge >= 0.3 is 0 Å². The van der Waals surface area contributed by atoms with Gasteiger partial charge in [0.1, 0.15) is 29.6 Å². The fraction of sp³-hybridized carbons (Fsp3) is 0.348. The first kappa shape index (κ1) is 18.7. The van der Waals surface area contributed by atoms with Crippen molar-refractivity contribution in [3.63, 3.8) is 0 Å². The lowest BCUT2D eigenvalue weighted by atomic mass is 10.1. The third-order valence-electron chi connectivity index (χ3n) is 5.88. The minimum atomic E-state index is -0.166. The minimum Gasteiger partial charge on any atom is -0.478 e. The topological polar surface area (TPSA) is 51.9 Å². The first-order valence-electron chi connectivity index (χ1n) is 10.0. The third kappa shape index (κ3) is 3.34. The van der Waals surface area contributed by atoms with E-state index in [1.54, 1.807) is 13.0 Å². The summed E-state index contributed by atoms with van der Waals surface area (Å²) in [6, 6.07) is 11.6. The van der Waals surface area contributed by atoms with Gasteiger partial charge < -0.3 is 13.9 Å². The highest BCUT2D eigenvalue weighted by Crippen LogP contribution is 2.37. The van der Waals surface area contributed by atoms with Crippen molar-refractivity contribution in [1.82, 2.24) is 4.90 Å². The first-order chi connectivity index (χ1) is 14.1. The van der Waals surface area contributed by atoms with Crippen LogP contribution < -0.4 is 14.9 Å². The second-order valence-corrected chi connectivity index (χ2v) is 8.58. The van der Waals surface area contributed by atoms with Gasteiger partial charge in [-0.1, -0.05) is 25.0 Å². The second kappa shape index (κ2) is 7.50. The van der Waals surface area contributed by atoms with Crippen molar-refractivity contribution in [2.24, 2.45) is 0 Å². The molecule has 1 fully saturated rings. The van der Waals surface area contributed by atoms with Crippen molar-refractivity contribution >= 4 is 26.9 Å². The lowest BCUT2D eigenvalue weighted by molar-refractivity contribution is 0.0581. The zero-order chi connectivity index (χ0) is 20.0. The van der Waals surface area contributed by atoms with Crippen molar-refractivity contribution in [3.05, 3.63) is 62.4 Å². The number of hydrogen-bond acceptors (Lipinski definition) is 5. The molecule has 1 aromatic heterocycles. The van der Waals surface area contributed by atoms with Gasteiger partial charge in [0.25, 0.3) is 0 Å². The maximum Gasteiger partial charge on any atom is 0.235 e. The minimum absolute atomic E-state index is 0.166. The molecule has 2 aliphatic rings. The van der Waals surface area contributed by atoms with E-state index >= 15 is 0 Å². The molecule has 1 aliphatic carbocycles. The second-order valence-electron chi connectivity index (χ2n) is 7.73. The molecule has 0 saturated heterocycles. The van der Waals surface area contributed by atoms with E-state index in [4.69, 9.17) is 13.9 Å². The Bertz CT molecular complexity index is 1130. The molecule has 0 amide bonds. The summed E-state index contributed by atoms with van der Waals surface area (Å²) in [5, 5.41) is 0.522. The number of nitrogens with zero attached hydrogens (tertiary/aromatic N) is 1. The molecule has 0 spiro atoms. The van der Waals surface area contributed by atoms with Gasteiger partial charge in [-0.3, -0.25) is 9.69 Å². The van der Waals surface area contributed by atoms with Crippen LogP contribution in [-0.2, 0) is 6.54 Å². The highest BCUT2D eigenvalue weighted by Gasteiger charge is 2.29. The van der Waals surface area contributed by atoms with Gasteiger partial charge in [0.05, 0.1) is 15.4 Å². The van der Waals surface area contributed by atoms with Crippen LogP contribution in [0.1, 0.15) is 37.0 Å². The van der Waals surface area contributed by atoms with Gasteiger partial charge in [0, 0.05) is 12.6 Å². The van der Waals surface area contributed by atoms with Crippen LogP contribution in [-0.4, -0.2) is 17.7 Å². The molecule has 1 saturated carbocycles. The SMILES string of the molecule is Cc1oc2c3c(ccc2c(=O)c1Oc1ccccc1Br)OCN(C1CCCC1)C3. The average Bonchev–Trinajstić information content (AvgIpc) is 3.27. The maximum atomic E-state index is 13.2. The fourth-order valence-corrected chi connectivity index (χ4v) is 4.70. The number of rotatable bonds is 3. The van der Waals surface area contributed by atoms with Crippen LogP contribution in [0.25, 0.3) is 11.0 Å². The van der Waals surface area contributed by atoms with E-state index in [1.165, 1.54) is 25.7 Å². The average molecular weight is 456 g/mol. The Morgan fingerprint density at radius 2 is 1.93 bits per heavy atom. The number of benzene rings is 2. The molecule has 3 aromatic rings. The Labute approximate surface area is 177 Å². The fourth-order valence-electron chi connectivity index (χ4n) is 4.33. The monoisotopic (exact) mass is 455 g/mol. The van der Waals surface area contributed by atoms with E-state index < -0.39 is 0 Å². The van der Waals surface area contributed by atoms with Crippen LogP contribution in [0.15, 0.2) is 50.1 Å². The molecule has 29 heavy (non-hydrogen) atoms. The Morgan fingerprint density at radius 1 is 1.14 bits per heavy atom. The summed E-state index contributed by atoms with van der Waals surface area (Å²) in [7, 11) is 0. The van der Waals surface area contributed by atoms with Gasteiger partial charge in [-0.15, -0.1) is 0 Å². The number of para-hydroxylation sites is 1. The molecule has 0 radical (unpaired) electrons. The zero-order valence-corrected chi connectivity index (χ0v) is 17.8. The summed E-state index contributed by atoms with van der Waals surface area (Å²) >= 11 is 3.46. The normalized spacial score (nSPS) is 17.3. The molecule has 150 valence electrons. The van der Waals surface area contributed by atoms with Crippen LogP contribution >= 0.6 is 15.9 Å². The van der Waals surface area contributed by atoms with Gasteiger partial charge in [0.2, 0.25) is 11.2 Å². The Kier molecular flexibility index (Phi) is 4.84. The molecule has 0 bridgehead atoms. The van der Waals surface area contributed by atoms with Crippen LogP contribution in [0.4, 0.5) is 0 Å². The van der Waals surface area contributed by atoms with E-state index in [0.29, 0.717) is 35.3 Å². The van der Waals surface area contributed by atoms with Gasteiger partial charge in [-0.05, 0) is 60.0 Å². The molecule has 0 N–H and O–H groups in total. The summed E-state index contributed by atoms with van der Waals surface area (Å²) in [4.78, 5) is 15.6. The lowest BCUT2D eigenvalue weighted by Gasteiger charge is -2.33. The van der Waals surface area contributed by atoms with E-state index in [-0.39, 0.29) is 11.2 Å². The van der Waals surface area contributed by atoms with Crippen LogP contribution in [0, 0.1) is 6.92 Å². The summed E-state index contributed by atoms with van der Waals surface area (Å²) in [5.74, 6) is 2.06. The predicted octanol–water partition coefficient (Wildman–Crippen LogP) is 5.75. The molecule has 6 heteroatoms. The van der Waals surface area contributed by atoms with Crippen molar-refractivity contribution in [2.75, 3.05) is 6.73 Å². The zero-order valence-electron chi connectivity index (χ0n) is 16.2. The maximum absolute atomic E-state index is 13.2. The predicted molar refractivity (Wildman–Crippen MR) is 115 cm³/mol. The molecule has 5 nitrogen and oxygen atoms in total. The quantitative estimate of drug-likeness (QED) is 0.502. The van der Waals surface area contributed by atoms with Gasteiger partial charge in [0.15, 0.2) is 0 Å². The number of fused-ring (bicyclic) bond motifs is 3. The molecule has 5 rings (SSSR count). The highest BCUT2D eigenvalue weighted by molar-refractivity contribution is 9.10. The Balaban J connectivity index is 1.57. The summed E-state index contributed by atoms with van der Waals surface area (Å²) < 4.78 is 18.9. The number of aryl methyl sites for hydroxylation is 1. The molecule has 1 aliphatic heterocycles. The number of hydrogen-bond donors (Lipinski definition) is 0. The van der Waals surface area contributed by atoms with E-state index in [0.717, 1.165) is 22.3 Å². The van der Waals surface area contributed by atoms with Crippen LogP contribution in [0.3, 0.4) is 0 Å². The van der Waals surface area contributed by atoms with Crippen molar-refractivity contribution < 1.29 is 13.9 Å². The molecular formula is C23H22BrNO4. The smallest absolute Gasteiger partial charge is 0.235 e. The van der Waals surface area contributed by atoms with Crippen LogP contribution in [0.5, 0.6) is 17.2 Å². The van der Waals surface area contributed by atoms with E-state index in [2.05, 4.69) is 20.8 Å². The molecule has 0 unspecified atom stereocenters. The van der Waals surface area contributed by atoms with E-state index in [9.17, 15) is 4.79 Å². The van der Waals surface area contributed by atoms with Crippen molar-refractivity contribution in [3.8, 4) is 17.2 Å². The standard InChI is InChI=1S/C23H22BrNO4/c1-14-22(29-20-9-5-4-8-18(20)24)21(26)16-10-11-19-17(23(16)28-14)12-25(13-27-19)15-6-2-3-7-15/h4-5,8-11,15H,2-3,6-7,12-13H2,1H3. The largest absolute Gasteiger partial charge is 0.478 e. The summed E-state index contributed by atoms with van der Waals surface area (Å²) in [5.41, 5.74) is 1.39. The first-order valence-corrected chi connectivity index (χ1v) is 10.8. The molecule has 2 aromatic carbocycles. The molecule has 2 heterocycles. The summed E-state index contributed by atoms with van der Waals surface area (Å²) in [6.45, 7) is 3.10. The van der Waals surface area contributed by atoms with Crippen molar-refractivity contribution in [2.45, 2.75) is 45.2 Å². The van der Waals surface area contributed by atoms with Gasteiger partial charge in [-0.25, -0.2) is 0 Å². The van der Waals surface area contributed by atoms with E-state index in [1.807, 2.05) is 30.3 Å².